The van der Waals surface area contributed by atoms with E-state index < -0.39 is 14.3 Å². The highest BCUT2D eigenvalue weighted by Crippen LogP contribution is 2.24. The van der Waals surface area contributed by atoms with Crippen LogP contribution in [-0.4, -0.2) is 45.5 Å². The largest absolute Gasteiger partial charge is 0.513 e. The van der Waals surface area contributed by atoms with E-state index in [0.717, 1.165) is 45.1 Å². The standard InChI is InChI=1S/C16H34O5P/c1-4-7-10-18-13-14-21-22(17)15-16(19-11-8-5-2)20-12-9-6-3/h16H,4-15H2,1-3H3/q+1. The lowest BCUT2D eigenvalue weighted by atomic mass is 10.4. The van der Waals surface area contributed by atoms with E-state index in [1.807, 2.05) is 0 Å². The first kappa shape index (κ1) is 21.9. The van der Waals surface area contributed by atoms with Crippen molar-refractivity contribution in [2.45, 2.75) is 65.6 Å². The minimum atomic E-state index is -1.77. The van der Waals surface area contributed by atoms with Gasteiger partial charge in [-0.1, -0.05) is 40.0 Å². The normalized spacial score (nSPS) is 12.1. The van der Waals surface area contributed by atoms with E-state index in [1.165, 1.54) is 0 Å². The minimum absolute atomic E-state index is 0.289. The molecule has 22 heavy (non-hydrogen) atoms. The van der Waals surface area contributed by atoms with Crippen LogP contribution in [0, 0.1) is 0 Å². The fraction of sp³-hybridized carbons (Fsp3) is 1.00. The zero-order chi connectivity index (χ0) is 16.5. The van der Waals surface area contributed by atoms with Crippen LogP contribution in [0.2, 0.25) is 0 Å². The molecular weight excluding hydrogens is 303 g/mol. The Morgan fingerprint density at radius 2 is 1.32 bits per heavy atom. The monoisotopic (exact) mass is 337 g/mol. The topological polar surface area (TPSA) is 54.0 Å². The lowest BCUT2D eigenvalue weighted by Gasteiger charge is -2.14. The molecule has 0 radical (unpaired) electrons. The summed E-state index contributed by atoms with van der Waals surface area (Å²) < 4.78 is 33.9. The Labute approximate surface area is 136 Å². The van der Waals surface area contributed by atoms with E-state index in [2.05, 4.69) is 20.8 Å². The Kier molecular flexibility index (Phi) is 17.2. The molecule has 0 bridgehead atoms. The van der Waals surface area contributed by atoms with Crippen molar-refractivity contribution in [1.29, 1.82) is 0 Å². The molecule has 0 saturated carbocycles. The van der Waals surface area contributed by atoms with Gasteiger partial charge < -0.3 is 14.2 Å². The van der Waals surface area contributed by atoms with Crippen molar-refractivity contribution in [2.24, 2.45) is 0 Å². The Balaban J connectivity index is 3.81. The summed E-state index contributed by atoms with van der Waals surface area (Å²) in [6, 6.07) is 0. The summed E-state index contributed by atoms with van der Waals surface area (Å²) in [4.78, 5) is 0. The summed E-state index contributed by atoms with van der Waals surface area (Å²) in [7, 11) is -1.77. The third-order valence-corrected chi connectivity index (χ3v) is 4.07. The summed E-state index contributed by atoms with van der Waals surface area (Å²) in [6.07, 6.45) is 6.12. The highest BCUT2D eigenvalue weighted by atomic mass is 31.1. The van der Waals surface area contributed by atoms with Gasteiger partial charge in [0.2, 0.25) is 12.5 Å². The number of ether oxygens (including phenoxy) is 3. The number of rotatable bonds is 17. The van der Waals surface area contributed by atoms with E-state index in [9.17, 15) is 4.57 Å². The molecule has 0 fully saturated rings. The van der Waals surface area contributed by atoms with Crippen molar-refractivity contribution >= 4 is 8.03 Å². The number of unbranched alkanes of at least 4 members (excludes halogenated alkanes) is 3. The predicted molar refractivity (Wildman–Crippen MR) is 89.7 cm³/mol. The summed E-state index contributed by atoms with van der Waals surface area (Å²) in [5.41, 5.74) is 0. The molecule has 0 aliphatic rings. The van der Waals surface area contributed by atoms with Gasteiger partial charge >= 0.3 is 8.03 Å². The highest BCUT2D eigenvalue weighted by Gasteiger charge is 2.26. The molecule has 0 spiro atoms. The van der Waals surface area contributed by atoms with Crippen LogP contribution in [0.1, 0.15) is 59.3 Å². The second kappa shape index (κ2) is 17.3. The Morgan fingerprint density at radius 1 is 0.773 bits per heavy atom. The molecule has 0 aromatic carbocycles. The van der Waals surface area contributed by atoms with Gasteiger partial charge in [-0.3, -0.25) is 0 Å². The molecular formula is C16H34O5P+. The van der Waals surface area contributed by atoms with Crippen molar-refractivity contribution in [3.63, 3.8) is 0 Å². The van der Waals surface area contributed by atoms with Crippen LogP contribution in [0.15, 0.2) is 0 Å². The van der Waals surface area contributed by atoms with Crippen LogP contribution < -0.4 is 0 Å². The smallest absolute Gasteiger partial charge is 0.379 e. The summed E-state index contributed by atoms with van der Waals surface area (Å²) >= 11 is 0. The molecule has 0 rings (SSSR count). The zero-order valence-corrected chi connectivity index (χ0v) is 15.4. The van der Waals surface area contributed by atoms with Gasteiger partial charge in [-0.25, -0.2) is 0 Å². The maximum Gasteiger partial charge on any atom is 0.513 e. The predicted octanol–water partition coefficient (Wildman–Crippen LogP) is 4.52. The van der Waals surface area contributed by atoms with Crippen molar-refractivity contribution in [1.82, 2.24) is 0 Å². The third kappa shape index (κ3) is 14.9. The highest BCUT2D eigenvalue weighted by molar-refractivity contribution is 7.39. The van der Waals surface area contributed by atoms with E-state index in [0.29, 0.717) is 26.4 Å². The molecule has 0 N–H and O–H groups in total. The molecule has 132 valence electrons. The van der Waals surface area contributed by atoms with Gasteiger partial charge in [0.15, 0.2) is 0 Å². The van der Waals surface area contributed by atoms with Crippen LogP contribution in [0.5, 0.6) is 0 Å². The second-order valence-corrected chi connectivity index (χ2v) is 6.48. The summed E-state index contributed by atoms with van der Waals surface area (Å²) in [6.45, 7) is 9.19. The average Bonchev–Trinajstić information content (AvgIpc) is 2.51. The fourth-order valence-electron chi connectivity index (χ4n) is 1.59. The first-order valence-electron chi connectivity index (χ1n) is 8.63. The van der Waals surface area contributed by atoms with Crippen molar-refractivity contribution in [3.8, 4) is 0 Å². The van der Waals surface area contributed by atoms with Crippen LogP contribution >= 0.6 is 8.03 Å². The first-order chi connectivity index (χ1) is 10.7. The molecule has 0 aromatic heterocycles. The molecule has 5 nitrogen and oxygen atoms in total. The molecule has 1 unspecified atom stereocenters. The molecule has 1 atom stereocenters. The molecule has 0 heterocycles. The molecule has 6 heteroatoms. The summed E-state index contributed by atoms with van der Waals surface area (Å²) in [5, 5.41) is 0. The summed E-state index contributed by atoms with van der Waals surface area (Å²) in [5.74, 6) is 0. The van der Waals surface area contributed by atoms with Crippen LogP contribution in [0.4, 0.5) is 0 Å². The fourth-order valence-corrected chi connectivity index (χ4v) is 2.43. The number of hydrogen-bond acceptors (Lipinski definition) is 5. The van der Waals surface area contributed by atoms with E-state index in [1.54, 1.807) is 0 Å². The SMILES string of the molecule is CCCCOCCO[P+](=O)CC(OCCCC)OCCCC. The maximum atomic E-state index is 11.9. The molecule has 0 aromatic rings. The van der Waals surface area contributed by atoms with Gasteiger partial charge in [-0.15, -0.1) is 4.52 Å². The first-order valence-corrected chi connectivity index (χ1v) is 9.99. The molecule has 0 amide bonds. The van der Waals surface area contributed by atoms with Crippen molar-refractivity contribution < 1.29 is 23.3 Å². The van der Waals surface area contributed by atoms with Gasteiger partial charge in [-0.2, -0.15) is 0 Å². The number of hydrogen-bond donors (Lipinski definition) is 0. The van der Waals surface area contributed by atoms with Gasteiger partial charge in [0.05, 0.1) is 6.61 Å². The van der Waals surface area contributed by atoms with Gasteiger partial charge in [-0.05, 0) is 23.8 Å². The van der Waals surface area contributed by atoms with Crippen molar-refractivity contribution in [2.75, 3.05) is 39.2 Å². The van der Waals surface area contributed by atoms with Gasteiger partial charge in [0, 0.05) is 19.8 Å². The lowest BCUT2D eigenvalue weighted by Crippen LogP contribution is -2.22. The molecule has 0 saturated heterocycles. The van der Waals surface area contributed by atoms with Crippen LogP contribution in [0.3, 0.4) is 0 Å². The minimum Gasteiger partial charge on any atom is -0.379 e. The van der Waals surface area contributed by atoms with E-state index in [-0.39, 0.29) is 6.16 Å². The zero-order valence-electron chi connectivity index (χ0n) is 14.6. The lowest BCUT2D eigenvalue weighted by molar-refractivity contribution is -0.129. The van der Waals surface area contributed by atoms with E-state index >= 15 is 0 Å². The quantitative estimate of drug-likeness (QED) is 0.222. The Morgan fingerprint density at radius 3 is 1.86 bits per heavy atom. The second-order valence-electron chi connectivity index (χ2n) is 5.19. The average molecular weight is 337 g/mol. The maximum absolute atomic E-state index is 11.9. The Hall–Kier alpha value is -0.0600. The van der Waals surface area contributed by atoms with Crippen molar-refractivity contribution in [3.05, 3.63) is 0 Å². The Bertz CT molecular complexity index is 241. The van der Waals surface area contributed by atoms with E-state index in [4.69, 9.17) is 18.7 Å². The molecule has 0 aliphatic heterocycles. The van der Waals surface area contributed by atoms with Gasteiger partial charge in [0.25, 0.3) is 0 Å². The van der Waals surface area contributed by atoms with Gasteiger partial charge in [0.1, 0.15) is 6.61 Å². The molecule has 0 aliphatic carbocycles. The van der Waals surface area contributed by atoms with Crippen LogP contribution in [0.25, 0.3) is 0 Å². The van der Waals surface area contributed by atoms with Crippen LogP contribution in [-0.2, 0) is 23.3 Å². The third-order valence-electron chi connectivity index (χ3n) is 3.01.